The first-order valence-corrected chi connectivity index (χ1v) is 9.45. The zero-order valence-electron chi connectivity index (χ0n) is 14.0. The van der Waals surface area contributed by atoms with Crippen molar-refractivity contribution < 1.29 is 9.90 Å². The summed E-state index contributed by atoms with van der Waals surface area (Å²) in [4.78, 5) is 11.7. The van der Waals surface area contributed by atoms with Gasteiger partial charge in [-0.3, -0.25) is 4.79 Å². The summed E-state index contributed by atoms with van der Waals surface area (Å²) in [5.41, 5.74) is 5.17. The first-order valence-electron chi connectivity index (χ1n) is 9.45. The molecule has 0 heterocycles. The van der Waals surface area contributed by atoms with Crippen molar-refractivity contribution in [3.05, 3.63) is 34.9 Å². The lowest BCUT2D eigenvalue weighted by Crippen LogP contribution is -2.38. The van der Waals surface area contributed by atoms with E-state index in [1.165, 1.54) is 44.1 Å². The van der Waals surface area contributed by atoms with Crippen molar-refractivity contribution in [2.45, 2.75) is 64.2 Å². The summed E-state index contributed by atoms with van der Waals surface area (Å²) in [6.45, 7) is 0.168. The lowest BCUT2D eigenvalue weighted by atomic mass is 9.56. The molecule has 4 rings (SSSR count). The van der Waals surface area contributed by atoms with Crippen LogP contribution in [0.25, 0.3) is 0 Å². The van der Waals surface area contributed by atoms with E-state index < -0.39 is 0 Å². The molecule has 0 unspecified atom stereocenters. The van der Waals surface area contributed by atoms with Gasteiger partial charge in [0.05, 0.1) is 6.61 Å². The van der Waals surface area contributed by atoms with Gasteiger partial charge in [-0.15, -0.1) is 0 Å². The smallest absolute Gasteiger partial charge is 0.156 e. The molecule has 0 saturated heterocycles. The Hall–Kier alpha value is -1.15. The monoisotopic (exact) mass is 312 g/mol. The average Bonchev–Trinajstić information content (AvgIpc) is 2.98. The van der Waals surface area contributed by atoms with Crippen molar-refractivity contribution in [2.75, 3.05) is 6.61 Å². The third-order valence-corrected chi connectivity index (χ3v) is 7.05. The zero-order valence-corrected chi connectivity index (χ0v) is 14.0. The van der Waals surface area contributed by atoms with Gasteiger partial charge in [-0.1, -0.05) is 24.1 Å². The maximum absolute atomic E-state index is 11.7. The molecule has 2 saturated carbocycles. The van der Waals surface area contributed by atoms with Crippen LogP contribution in [0.4, 0.5) is 0 Å². The van der Waals surface area contributed by atoms with Gasteiger partial charge in [0.1, 0.15) is 0 Å². The molecule has 2 fully saturated rings. The molecule has 0 aliphatic heterocycles. The highest BCUT2D eigenvalue weighted by Gasteiger charge is 2.50. The molecule has 0 aromatic rings. The predicted molar refractivity (Wildman–Crippen MR) is 91.9 cm³/mol. The van der Waals surface area contributed by atoms with Crippen molar-refractivity contribution in [3.63, 3.8) is 0 Å². The first-order chi connectivity index (χ1) is 11.2. The van der Waals surface area contributed by atoms with Crippen molar-refractivity contribution in [3.8, 4) is 0 Å². The quantitative estimate of drug-likeness (QED) is 0.779. The molecule has 0 spiro atoms. The summed E-state index contributed by atoms with van der Waals surface area (Å²) in [7, 11) is 0. The number of rotatable bonds is 3. The molecule has 0 amide bonds. The van der Waals surface area contributed by atoms with E-state index in [0.29, 0.717) is 11.2 Å². The van der Waals surface area contributed by atoms with E-state index in [1.54, 1.807) is 11.1 Å². The van der Waals surface area contributed by atoms with E-state index in [2.05, 4.69) is 6.08 Å². The summed E-state index contributed by atoms with van der Waals surface area (Å²) < 4.78 is 0. The van der Waals surface area contributed by atoms with E-state index in [-0.39, 0.29) is 6.61 Å². The van der Waals surface area contributed by atoms with Crippen LogP contribution in [0.15, 0.2) is 34.9 Å². The van der Waals surface area contributed by atoms with Crippen LogP contribution in [0.5, 0.6) is 0 Å². The van der Waals surface area contributed by atoms with Crippen LogP contribution >= 0.6 is 0 Å². The number of carbonyl (C=O) groups is 1. The SMILES string of the molecule is O=C1C=C2CC[C@@H]3C(=C2CC1)CC[C@]1(CC=CCO)CCC[C@@H]31. The van der Waals surface area contributed by atoms with Gasteiger partial charge in [-0.25, -0.2) is 0 Å². The molecule has 0 radical (unpaired) electrons. The second kappa shape index (κ2) is 6.05. The summed E-state index contributed by atoms with van der Waals surface area (Å²) in [5, 5.41) is 9.04. The van der Waals surface area contributed by atoms with Crippen LogP contribution in [0.2, 0.25) is 0 Å². The summed E-state index contributed by atoms with van der Waals surface area (Å²) in [6.07, 6.45) is 18.0. The highest BCUT2D eigenvalue weighted by Crippen LogP contribution is 2.61. The maximum Gasteiger partial charge on any atom is 0.156 e. The number of allylic oxidation sites excluding steroid dienone is 5. The topological polar surface area (TPSA) is 37.3 Å². The van der Waals surface area contributed by atoms with Crippen molar-refractivity contribution >= 4 is 5.78 Å². The van der Waals surface area contributed by atoms with Gasteiger partial charge in [-0.2, -0.15) is 0 Å². The third-order valence-electron chi connectivity index (χ3n) is 7.05. The Morgan fingerprint density at radius 3 is 2.91 bits per heavy atom. The van der Waals surface area contributed by atoms with E-state index in [1.807, 2.05) is 12.2 Å². The molecule has 4 aliphatic rings. The minimum atomic E-state index is 0.168. The third kappa shape index (κ3) is 2.55. The summed E-state index contributed by atoms with van der Waals surface area (Å²) in [6, 6.07) is 0. The number of hydrogen-bond acceptors (Lipinski definition) is 2. The van der Waals surface area contributed by atoms with Crippen molar-refractivity contribution in [2.24, 2.45) is 17.3 Å². The number of fused-ring (bicyclic) bond motifs is 4. The van der Waals surface area contributed by atoms with Gasteiger partial charge in [0, 0.05) is 6.42 Å². The Balaban J connectivity index is 1.64. The Morgan fingerprint density at radius 1 is 1.13 bits per heavy atom. The number of carbonyl (C=O) groups excluding carboxylic acids is 1. The van der Waals surface area contributed by atoms with Crippen LogP contribution in [0.3, 0.4) is 0 Å². The summed E-state index contributed by atoms with van der Waals surface area (Å²) >= 11 is 0. The zero-order chi connectivity index (χ0) is 15.9. The van der Waals surface area contributed by atoms with Crippen LogP contribution in [0.1, 0.15) is 64.2 Å². The Morgan fingerprint density at radius 2 is 2.04 bits per heavy atom. The molecule has 3 atom stereocenters. The Kier molecular flexibility index (Phi) is 4.05. The van der Waals surface area contributed by atoms with Gasteiger partial charge in [-0.05, 0) is 85.8 Å². The van der Waals surface area contributed by atoms with Crippen LogP contribution in [-0.4, -0.2) is 17.5 Å². The predicted octanol–water partition coefficient (Wildman–Crippen LogP) is 4.50. The average molecular weight is 312 g/mol. The van der Waals surface area contributed by atoms with Gasteiger partial charge >= 0.3 is 0 Å². The molecule has 0 aromatic heterocycles. The lowest BCUT2D eigenvalue weighted by molar-refractivity contribution is -0.114. The van der Waals surface area contributed by atoms with Gasteiger partial charge < -0.3 is 5.11 Å². The van der Waals surface area contributed by atoms with E-state index in [0.717, 1.165) is 37.5 Å². The molecule has 0 bridgehead atoms. The number of ketones is 1. The minimum absolute atomic E-state index is 0.168. The highest BCUT2D eigenvalue weighted by molar-refractivity contribution is 5.93. The first kappa shape index (κ1) is 15.4. The van der Waals surface area contributed by atoms with E-state index in [9.17, 15) is 4.79 Å². The van der Waals surface area contributed by atoms with Crippen LogP contribution in [0, 0.1) is 17.3 Å². The van der Waals surface area contributed by atoms with Crippen LogP contribution < -0.4 is 0 Å². The highest BCUT2D eigenvalue weighted by atomic mass is 16.2. The van der Waals surface area contributed by atoms with Gasteiger partial charge in [0.2, 0.25) is 0 Å². The second-order valence-corrected chi connectivity index (χ2v) is 8.00. The van der Waals surface area contributed by atoms with E-state index >= 15 is 0 Å². The van der Waals surface area contributed by atoms with Crippen LogP contribution in [-0.2, 0) is 4.79 Å². The lowest BCUT2D eigenvalue weighted by Gasteiger charge is -2.48. The molecule has 2 nitrogen and oxygen atoms in total. The normalized spacial score (nSPS) is 36.7. The molecule has 0 aromatic carbocycles. The largest absolute Gasteiger partial charge is 0.392 e. The Bertz CT molecular complexity index is 595. The molecule has 4 aliphatic carbocycles. The fourth-order valence-corrected chi connectivity index (χ4v) is 6.08. The number of hydrogen-bond donors (Lipinski definition) is 1. The van der Waals surface area contributed by atoms with Gasteiger partial charge in [0.25, 0.3) is 0 Å². The maximum atomic E-state index is 11.7. The fourth-order valence-electron chi connectivity index (χ4n) is 6.08. The molecule has 1 N–H and O–H groups in total. The number of aliphatic hydroxyl groups excluding tert-OH is 1. The minimum Gasteiger partial charge on any atom is -0.392 e. The fraction of sp³-hybridized carbons (Fsp3) is 0.667. The van der Waals surface area contributed by atoms with E-state index in [4.69, 9.17) is 5.11 Å². The molecule has 124 valence electrons. The summed E-state index contributed by atoms with van der Waals surface area (Å²) in [5.74, 6) is 1.94. The molecular weight excluding hydrogens is 284 g/mol. The molecule has 2 heteroatoms. The second-order valence-electron chi connectivity index (χ2n) is 8.00. The standard InChI is InChI=1S/C21H28O2/c22-13-2-1-10-21-11-3-4-20(21)19-7-5-15-14-16(23)6-8-17(15)18(19)9-12-21/h1-2,14,19-20,22H,3-13H2/t19-,20+,21+/m1/s1. The molecule has 23 heavy (non-hydrogen) atoms. The molecular formula is C21H28O2. The van der Waals surface area contributed by atoms with Gasteiger partial charge in [0.15, 0.2) is 5.78 Å². The number of aliphatic hydroxyl groups is 1. The Labute approximate surface area is 139 Å². The van der Waals surface area contributed by atoms with Crippen molar-refractivity contribution in [1.82, 2.24) is 0 Å². The van der Waals surface area contributed by atoms with Crippen molar-refractivity contribution in [1.29, 1.82) is 0 Å².